The van der Waals surface area contributed by atoms with Crippen LogP contribution in [-0.2, 0) is 85.2 Å². The molecule has 18 atom stereocenters. The second-order valence-electron chi connectivity index (χ2n) is 26.1. The summed E-state index contributed by atoms with van der Waals surface area (Å²) < 4.78 is 54.7. The topological polar surface area (TPSA) is 531 Å². The molecular weight excluding hydrogens is 1370 g/mol. The van der Waals surface area contributed by atoms with E-state index in [1.165, 1.54) is 20.8 Å². The number of aliphatic hydroxyl groups excluding tert-OH is 9. The SMILES string of the molecule is COP(=O)(O)OCCCCCCNC(=O)CCCCCCC(=O)[C@H](CCCCNC(=O)CCCCO[C@@H]1O[C@H](CO)[C@H](O)[C@H](O)[C@H]1NC(C)=O)NC(=O)[C@H](CCCCCC(=O)CCCCO[C@@H]1O[C@H](CO)[C@H](O)[C@H](O)[C@H]1NC(C)=O)NC(=O)CCCCO[C@@H]1O[C@H](CO)[C@H](O)[C@H](O)[C@H]1NC(C)=O. The zero-order chi connectivity index (χ0) is 75.6. The van der Waals surface area contributed by atoms with Gasteiger partial charge in [0, 0.05) is 99.3 Å². The molecule has 0 radical (unpaired) electrons. The summed E-state index contributed by atoms with van der Waals surface area (Å²) in [4.78, 5) is 126. The molecule has 102 heavy (non-hydrogen) atoms. The number of rotatable bonds is 55. The molecule has 17 N–H and O–H groups in total. The maximum absolute atomic E-state index is 14.4. The summed E-state index contributed by atoms with van der Waals surface area (Å²) in [5.41, 5.74) is 0. The second-order valence-corrected chi connectivity index (χ2v) is 27.6. The molecule has 0 aliphatic carbocycles. The van der Waals surface area contributed by atoms with Gasteiger partial charge in [-0.2, -0.15) is 0 Å². The van der Waals surface area contributed by atoms with E-state index in [-0.39, 0.29) is 121 Å². The van der Waals surface area contributed by atoms with Gasteiger partial charge in [-0.1, -0.05) is 38.5 Å². The van der Waals surface area contributed by atoms with Crippen LogP contribution in [0.1, 0.15) is 194 Å². The molecule has 0 aromatic rings. The molecule has 590 valence electrons. The summed E-state index contributed by atoms with van der Waals surface area (Å²) in [6, 6.07) is -5.52. The predicted octanol–water partition coefficient (Wildman–Crippen LogP) is -1.50. The molecule has 35 nitrogen and oxygen atoms in total. The van der Waals surface area contributed by atoms with Crippen LogP contribution >= 0.6 is 7.82 Å². The van der Waals surface area contributed by atoms with Crippen LogP contribution in [0.4, 0.5) is 0 Å². The van der Waals surface area contributed by atoms with Crippen LogP contribution < -0.4 is 37.2 Å². The summed E-state index contributed by atoms with van der Waals surface area (Å²) >= 11 is 0. The van der Waals surface area contributed by atoms with E-state index in [4.69, 9.17) is 32.9 Å². The first-order valence-electron chi connectivity index (χ1n) is 35.9. The van der Waals surface area contributed by atoms with Gasteiger partial charge in [0.2, 0.25) is 41.4 Å². The van der Waals surface area contributed by atoms with Crippen molar-refractivity contribution >= 4 is 60.7 Å². The van der Waals surface area contributed by atoms with Crippen molar-refractivity contribution in [2.45, 2.75) is 298 Å². The Kier molecular flexibility index (Phi) is 46.0. The number of hydrogen-bond donors (Lipinski definition) is 17. The maximum Gasteiger partial charge on any atom is 0.471 e. The van der Waals surface area contributed by atoms with Crippen LogP contribution in [0.25, 0.3) is 0 Å². The quantitative estimate of drug-likeness (QED) is 0.0243. The number of phosphoric acid groups is 1. The largest absolute Gasteiger partial charge is 0.471 e. The molecular formula is C66H118N7O28P. The van der Waals surface area contributed by atoms with E-state index in [1.807, 2.05) is 0 Å². The Morgan fingerprint density at radius 2 is 0.755 bits per heavy atom. The van der Waals surface area contributed by atoms with Crippen LogP contribution in [0.15, 0.2) is 0 Å². The van der Waals surface area contributed by atoms with Gasteiger partial charge >= 0.3 is 7.82 Å². The lowest BCUT2D eigenvalue weighted by Gasteiger charge is -2.42. The van der Waals surface area contributed by atoms with Gasteiger partial charge in [0.1, 0.15) is 84.9 Å². The Hall–Kier alpha value is -4.86. The highest BCUT2D eigenvalue weighted by Gasteiger charge is 2.48. The number of hydrogen-bond acceptors (Lipinski definition) is 27. The fraction of sp³-hybridized carbons (Fsp3) is 0.864. The third-order valence-corrected chi connectivity index (χ3v) is 18.5. The molecule has 7 amide bonds. The zero-order valence-corrected chi connectivity index (χ0v) is 60.4. The van der Waals surface area contributed by atoms with Crippen LogP contribution in [0.2, 0.25) is 0 Å². The Bertz CT molecular complexity index is 2530. The van der Waals surface area contributed by atoms with Gasteiger partial charge in [-0.3, -0.25) is 52.2 Å². The minimum absolute atomic E-state index is 0.0357. The number of phosphoric ester groups is 1. The standard InChI is InChI=1S/C66H118N7O28P/c1-41(77)69-54-60(88)57(85)48(38-74)99-64(54)95-34-21-15-25-44(80)24-10-9-11-27-46(72-53(84)31-17-23-36-97-66-56(71-43(3)79)62(90)59(87)50(40-76)101-66)63(91)73-45(47(81)28-12-5-6-13-29-51(82)67-32-18-7-8-20-37-98-102(92,93)94-4)26-14-19-33-68-52(83)30-16-22-35-96-65-55(70-42(2)78)61(89)58(86)49(39-75)100-65/h45-46,48-50,54-62,64-66,74-76,85-90H,5-40H2,1-4H3,(H,67,82)(H,68,83)(H,69,77)(H,70,78)(H,71,79)(H,72,84)(H,73,91)(H,92,93)/t45-,46-,48+,49+,50+,54+,55+,56+,57-,58-,59-,60+,61+,62+,64+,65+,66+/m0/s1. The average molecular weight is 1490 g/mol. The number of amides is 7. The van der Waals surface area contributed by atoms with Gasteiger partial charge in [0.05, 0.1) is 32.5 Å². The number of Topliss-reactive ketones (excluding diaryl/α,β-unsaturated/α-hetero) is 2. The van der Waals surface area contributed by atoms with Crippen molar-refractivity contribution in [2.24, 2.45) is 0 Å². The molecule has 3 aliphatic rings. The summed E-state index contributed by atoms with van der Waals surface area (Å²) in [6.07, 6.45) is -5.78. The lowest BCUT2D eigenvalue weighted by Crippen LogP contribution is -2.64. The minimum Gasteiger partial charge on any atom is -0.394 e. The zero-order valence-electron chi connectivity index (χ0n) is 59.5. The fourth-order valence-corrected chi connectivity index (χ4v) is 12.2. The van der Waals surface area contributed by atoms with E-state index >= 15 is 0 Å². The summed E-state index contributed by atoms with van der Waals surface area (Å²) in [7, 11) is -2.94. The van der Waals surface area contributed by atoms with E-state index in [0.29, 0.717) is 103 Å². The number of carbonyl (C=O) groups is 9. The predicted molar refractivity (Wildman–Crippen MR) is 361 cm³/mol. The molecule has 0 spiro atoms. The monoisotopic (exact) mass is 1490 g/mol. The highest BCUT2D eigenvalue weighted by Crippen LogP contribution is 2.42. The van der Waals surface area contributed by atoms with Crippen molar-refractivity contribution in [3.05, 3.63) is 0 Å². The Balaban J connectivity index is 1.64. The fourth-order valence-electron chi connectivity index (χ4n) is 11.8. The first-order chi connectivity index (χ1) is 48.7. The van der Waals surface area contributed by atoms with Gasteiger partial charge in [0.25, 0.3) is 0 Å². The summed E-state index contributed by atoms with van der Waals surface area (Å²) in [5, 5.41) is 111. The maximum atomic E-state index is 14.4. The number of ether oxygens (including phenoxy) is 6. The van der Waals surface area contributed by atoms with Gasteiger partial charge in [-0.25, -0.2) is 4.57 Å². The van der Waals surface area contributed by atoms with Crippen molar-refractivity contribution in [2.75, 3.05) is 66.4 Å². The van der Waals surface area contributed by atoms with Gasteiger partial charge in [-0.15, -0.1) is 0 Å². The van der Waals surface area contributed by atoms with Crippen molar-refractivity contribution in [3.8, 4) is 0 Å². The summed E-state index contributed by atoms with van der Waals surface area (Å²) in [6.45, 7) is 2.64. The van der Waals surface area contributed by atoms with Crippen molar-refractivity contribution in [3.63, 3.8) is 0 Å². The molecule has 0 aromatic carbocycles. The van der Waals surface area contributed by atoms with Crippen molar-refractivity contribution in [1.29, 1.82) is 0 Å². The third-order valence-electron chi connectivity index (χ3n) is 17.5. The Morgan fingerprint density at radius 3 is 1.19 bits per heavy atom. The smallest absolute Gasteiger partial charge is 0.394 e. The van der Waals surface area contributed by atoms with E-state index in [9.17, 15) is 98.6 Å². The highest BCUT2D eigenvalue weighted by molar-refractivity contribution is 7.47. The number of nitrogens with one attached hydrogen (secondary N) is 7. The van der Waals surface area contributed by atoms with Crippen LogP contribution in [0.3, 0.4) is 0 Å². The van der Waals surface area contributed by atoms with Gasteiger partial charge in [-0.05, 0) is 96.3 Å². The Morgan fingerprint density at radius 1 is 0.412 bits per heavy atom. The first-order valence-corrected chi connectivity index (χ1v) is 37.4. The molecule has 3 heterocycles. The van der Waals surface area contributed by atoms with Crippen LogP contribution in [0, 0.1) is 0 Å². The van der Waals surface area contributed by atoms with Crippen molar-refractivity contribution < 1.29 is 136 Å². The van der Waals surface area contributed by atoms with Gasteiger partial charge in [0.15, 0.2) is 24.7 Å². The third kappa shape index (κ3) is 36.0. The molecule has 0 aromatic heterocycles. The lowest BCUT2D eigenvalue weighted by atomic mass is 9.97. The molecule has 3 fully saturated rings. The van der Waals surface area contributed by atoms with Gasteiger partial charge < -0.3 is 116 Å². The van der Waals surface area contributed by atoms with Crippen molar-refractivity contribution in [1.82, 2.24) is 37.2 Å². The normalized spacial score (nSPS) is 26.2. The van der Waals surface area contributed by atoms with E-state index < -0.39 is 161 Å². The molecule has 0 bridgehead atoms. The summed E-state index contributed by atoms with van der Waals surface area (Å²) in [5.74, 6) is -3.37. The average Bonchev–Trinajstić information content (AvgIpc) is 0.823. The number of aliphatic hydroxyl groups is 9. The number of ketones is 2. The van der Waals surface area contributed by atoms with Crippen LogP contribution in [-0.4, -0.2) is 274 Å². The molecule has 1 unspecified atom stereocenters. The molecule has 36 heteroatoms. The van der Waals surface area contributed by atoms with E-state index in [1.54, 1.807) is 0 Å². The minimum atomic E-state index is -4.02. The van der Waals surface area contributed by atoms with E-state index in [2.05, 4.69) is 41.7 Å². The molecule has 3 aliphatic heterocycles. The van der Waals surface area contributed by atoms with E-state index in [0.717, 1.165) is 20.0 Å². The highest BCUT2D eigenvalue weighted by atomic mass is 31.2. The molecule has 3 saturated heterocycles. The second kappa shape index (κ2) is 51.4. The van der Waals surface area contributed by atoms with Crippen LogP contribution in [0.5, 0.6) is 0 Å². The molecule has 3 rings (SSSR count). The lowest BCUT2D eigenvalue weighted by molar-refractivity contribution is -0.270. The number of unbranched alkanes of at least 4 members (excludes halogenated alkanes) is 12. The number of carbonyl (C=O) groups excluding carboxylic acids is 9. The molecule has 0 saturated carbocycles. The first kappa shape index (κ1) is 91.3. The Labute approximate surface area is 596 Å².